The Hall–Kier alpha value is -2.33. The van der Waals surface area contributed by atoms with Crippen molar-refractivity contribution >= 4 is 5.78 Å². The van der Waals surface area contributed by atoms with E-state index in [1.807, 2.05) is 18.2 Å². The molecule has 0 aromatic heterocycles. The molecule has 0 atom stereocenters. The summed E-state index contributed by atoms with van der Waals surface area (Å²) < 4.78 is 5.20. The third-order valence-corrected chi connectivity index (χ3v) is 3.07. The summed E-state index contributed by atoms with van der Waals surface area (Å²) in [7, 11) is 1.49. The van der Waals surface area contributed by atoms with Crippen LogP contribution in [0.25, 0.3) is 0 Å². The Balaban J connectivity index is 3.19. The van der Waals surface area contributed by atoms with Crippen molar-refractivity contribution in [2.75, 3.05) is 7.11 Å². The third-order valence-electron chi connectivity index (χ3n) is 3.07. The van der Waals surface area contributed by atoms with Crippen LogP contribution in [-0.4, -0.2) is 12.9 Å². The first-order chi connectivity index (χ1) is 9.33. The van der Waals surface area contributed by atoms with Crippen LogP contribution in [0.4, 0.5) is 0 Å². The molecule has 0 aliphatic carbocycles. The molecule has 0 spiro atoms. The summed E-state index contributed by atoms with van der Waals surface area (Å²) in [5, 5.41) is 17.6. The molecule has 0 N–H and O–H groups in total. The van der Waals surface area contributed by atoms with Crippen LogP contribution in [0.3, 0.4) is 0 Å². The first-order valence-corrected chi connectivity index (χ1v) is 6.34. The molecular formula is C16H18N2O2. The molecule has 0 bridgehead atoms. The van der Waals surface area contributed by atoms with Crippen molar-refractivity contribution in [2.24, 2.45) is 5.92 Å². The Morgan fingerprint density at radius 3 is 2.35 bits per heavy atom. The Kier molecular flexibility index (Phi) is 4.88. The zero-order chi connectivity index (χ0) is 15.3. The predicted octanol–water partition coefficient (Wildman–Crippen LogP) is 3.23. The first kappa shape index (κ1) is 15.7. The normalized spacial score (nSPS) is 10.8. The minimum absolute atomic E-state index is 0.0921. The number of Topliss-reactive ketones (excluding diaryl/α,β-unsaturated/α-hetero) is 1. The molecule has 1 aromatic carbocycles. The van der Waals surface area contributed by atoms with Crippen LogP contribution < -0.4 is 4.74 Å². The van der Waals surface area contributed by atoms with Gasteiger partial charge in [-0.3, -0.25) is 4.79 Å². The molecule has 0 unspecified atom stereocenters. The molecule has 0 amide bonds. The van der Waals surface area contributed by atoms with Crippen LogP contribution >= 0.6 is 0 Å². The second kappa shape index (κ2) is 6.21. The van der Waals surface area contributed by atoms with Gasteiger partial charge in [-0.2, -0.15) is 10.5 Å². The van der Waals surface area contributed by atoms with Crippen molar-refractivity contribution in [2.45, 2.75) is 32.6 Å². The van der Waals surface area contributed by atoms with Gasteiger partial charge in [0, 0.05) is 6.42 Å². The molecule has 0 saturated heterocycles. The monoisotopic (exact) mass is 270 g/mol. The molecule has 0 saturated carbocycles. The van der Waals surface area contributed by atoms with Gasteiger partial charge in [-0.25, -0.2) is 0 Å². The molecule has 0 heterocycles. The largest absolute Gasteiger partial charge is 0.496 e. The summed E-state index contributed by atoms with van der Waals surface area (Å²) in [6, 6.07) is 9.08. The van der Waals surface area contributed by atoms with Crippen LogP contribution in [0.15, 0.2) is 18.2 Å². The van der Waals surface area contributed by atoms with E-state index < -0.39 is 5.92 Å². The first-order valence-electron chi connectivity index (χ1n) is 6.34. The summed E-state index contributed by atoms with van der Waals surface area (Å²) >= 11 is 0. The molecule has 1 rings (SSSR count). The quantitative estimate of drug-likeness (QED) is 0.787. The van der Waals surface area contributed by atoms with Gasteiger partial charge in [0.2, 0.25) is 0 Å². The zero-order valence-corrected chi connectivity index (χ0v) is 12.2. The topological polar surface area (TPSA) is 73.9 Å². The Bertz CT molecular complexity index is 572. The fraction of sp³-hybridized carbons (Fsp3) is 0.438. The highest BCUT2D eigenvalue weighted by molar-refractivity contribution is 5.99. The number of nitrogens with zero attached hydrogens (tertiary/aromatic N) is 2. The maximum Gasteiger partial charge on any atom is 0.168 e. The molecule has 0 fully saturated rings. The Labute approximate surface area is 119 Å². The number of methoxy groups -OCH3 is 1. The third kappa shape index (κ3) is 3.59. The standard InChI is InChI=1S/C16H18N2O2/c1-16(2,3)12-5-6-15(20-4)13(8-12)14(19)7-11(9-17)10-18/h5-6,8,11H,7H2,1-4H3. The van der Waals surface area contributed by atoms with Crippen molar-refractivity contribution in [3.05, 3.63) is 29.3 Å². The van der Waals surface area contributed by atoms with Gasteiger partial charge in [0.05, 0.1) is 24.8 Å². The highest BCUT2D eigenvalue weighted by atomic mass is 16.5. The molecule has 20 heavy (non-hydrogen) atoms. The summed E-state index contributed by atoms with van der Waals surface area (Å²) in [5.41, 5.74) is 1.34. The van der Waals surface area contributed by atoms with Crippen LogP contribution in [-0.2, 0) is 5.41 Å². The lowest BCUT2D eigenvalue weighted by atomic mass is 9.85. The van der Waals surface area contributed by atoms with Crippen molar-refractivity contribution in [3.8, 4) is 17.9 Å². The number of carbonyl (C=O) groups excluding carboxylic acids is 1. The molecular weight excluding hydrogens is 252 g/mol. The van der Waals surface area contributed by atoms with Crippen molar-refractivity contribution < 1.29 is 9.53 Å². The van der Waals surface area contributed by atoms with E-state index in [1.54, 1.807) is 12.1 Å². The maximum absolute atomic E-state index is 12.2. The molecule has 1 aromatic rings. The second-order valence-corrected chi connectivity index (χ2v) is 5.60. The molecule has 4 nitrogen and oxygen atoms in total. The molecule has 104 valence electrons. The zero-order valence-electron chi connectivity index (χ0n) is 12.2. The van der Waals surface area contributed by atoms with Crippen molar-refractivity contribution in [3.63, 3.8) is 0 Å². The average molecular weight is 270 g/mol. The summed E-state index contributed by atoms with van der Waals surface area (Å²) in [6.07, 6.45) is -0.114. The van der Waals surface area contributed by atoms with Gasteiger partial charge in [-0.05, 0) is 23.1 Å². The minimum Gasteiger partial charge on any atom is -0.496 e. The van der Waals surface area contributed by atoms with Crippen LogP contribution in [0.1, 0.15) is 43.1 Å². The molecule has 0 radical (unpaired) electrons. The fourth-order valence-electron chi connectivity index (χ4n) is 1.81. The van der Waals surface area contributed by atoms with Crippen LogP contribution in [0.2, 0.25) is 0 Å². The lowest BCUT2D eigenvalue weighted by molar-refractivity contribution is 0.0973. The van der Waals surface area contributed by atoms with Crippen molar-refractivity contribution in [1.29, 1.82) is 10.5 Å². The Morgan fingerprint density at radius 2 is 1.90 bits per heavy atom. The predicted molar refractivity (Wildman–Crippen MR) is 75.4 cm³/mol. The van der Waals surface area contributed by atoms with E-state index in [4.69, 9.17) is 15.3 Å². The SMILES string of the molecule is COc1ccc(C(C)(C)C)cc1C(=O)CC(C#N)C#N. The minimum atomic E-state index is -0.925. The highest BCUT2D eigenvalue weighted by Crippen LogP contribution is 2.29. The Morgan fingerprint density at radius 1 is 1.30 bits per heavy atom. The van der Waals surface area contributed by atoms with Crippen LogP contribution in [0, 0.1) is 28.6 Å². The number of hydrogen-bond acceptors (Lipinski definition) is 4. The number of carbonyl (C=O) groups is 1. The summed E-state index contributed by atoms with van der Waals surface area (Å²) in [5.74, 6) is -0.704. The number of ether oxygens (including phenoxy) is 1. The van der Waals surface area contributed by atoms with E-state index in [-0.39, 0.29) is 17.6 Å². The number of nitriles is 2. The lowest BCUT2D eigenvalue weighted by Crippen LogP contribution is -2.14. The maximum atomic E-state index is 12.2. The van der Waals surface area contributed by atoms with Gasteiger partial charge in [0.1, 0.15) is 11.7 Å². The van der Waals surface area contributed by atoms with Gasteiger partial charge in [-0.15, -0.1) is 0 Å². The van der Waals surface area contributed by atoms with E-state index in [0.717, 1.165) is 5.56 Å². The molecule has 0 aliphatic heterocycles. The number of benzene rings is 1. The molecule has 0 aliphatic rings. The highest BCUT2D eigenvalue weighted by Gasteiger charge is 2.21. The second-order valence-electron chi connectivity index (χ2n) is 5.60. The van der Waals surface area contributed by atoms with Gasteiger partial charge < -0.3 is 4.74 Å². The van der Waals surface area contributed by atoms with E-state index in [9.17, 15) is 4.79 Å². The smallest absolute Gasteiger partial charge is 0.168 e. The summed E-state index contributed by atoms with van der Waals surface area (Å²) in [6.45, 7) is 6.16. The van der Waals surface area contributed by atoms with Crippen LogP contribution in [0.5, 0.6) is 5.75 Å². The number of hydrogen-bond donors (Lipinski definition) is 0. The van der Waals surface area contributed by atoms with E-state index in [1.165, 1.54) is 7.11 Å². The van der Waals surface area contributed by atoms with Gasteiger partial charge in [0.25, 0.3) is 0 Å². The number of rotatable bonds is 4. The lowest BCUT2D eigenvalue weighted by Gasteiger charge is -2.20. The fourth-order valence-corrected chi connectivity index (χ4v) is 1.81. The van der Waals surface area contributed by atoms with Gasteiger partial charge in [0.15, 0.2) is 5.78 Å². The van der Waals surface area contributed by atoms with Gasteiger partial charge in [-0.1, -0.05) is 26.8 Å². The van der Waals surface area contributed by atoms with E-state index in [2.05, 4.69) is 20.8 Å². The van der Waals surface area contributed by atoms with Crippen molar-refractivity contribution in [1.82, 2.24) is 0 Å². The van der Waals surface area contributed by atoms with Gasteiger partial charge >= 0.3 is 0 Å². The summed E-state index contributed by atoms with van der Waals surface area (Å²) in [4.78, 5) is 12.2. The number of ketones is 1. The molecule has 4 heteroatoms. The van der Waals surface area contributed by atoms with E-state index in [0.29, 0.717) is 11.3 Å². The van der Waals surface area contributed by atoms with E-state index >= 15 is 0 Å². The average Bonchev–Trinajstić information content (AvgIpc) is 2.42.